The van der Waals surface area contributed by atoms with Gasteiger partial charge in [0.15, 0.2) is 0 Å². The number of amides is 3. The Morgan fingerprint density at radius 2 is 1.90 bits per heavy atom. The second-order valence-corrected chi connectivity index (χ2v) is 13.9. The van der Waals surface area contributed by atoms with Crippen LogP contribution < -0.4 is 5.32 Å². The van der Waals surface area contributed by atoms with E-state index in [4.69, 9.17) is 14.2 Å². The van der Waals surface area contributed by atoms with E-state index in [-0.39, 0.29) is 43.4 Å². The number of aliphatic hydroxyl groups is 1. The summed E-state index contributed by atoms with van der Waals surface area (Å²) in [7, 11) is 1.52. The molecule has 3 aliphatic rings. The molecule has 3 aliphatic heterocycles. The Morgan fingerprint density at radius 1 is 1.16 bits per heavy atom. The zero-order valence-corrected chi connectivity index (χ0v) is 30.1. The highest BCUT2D eigenvalue weighted by Gasteiger charge is 2.75. The number of aliphatic hydroxyl groups excluding tert-OH is 1. The van der Waals surface area contributed by atoms with Crippen LogP contribution in [0.15, 0.2) is 55.6 Å². The molecule has 3 saturated heterocycles. The maximum absolute atomic E-state index is 14.6. The minimum Gasteiger partial charge on any atom is -0.455 e. The number of unbranched alkanes of at least 4 members (excludes halogenated alkanes) is 3. The molecule has 1 spiro atoms. The third-order valence-corrected chi connectivity index (χ3v) is 10.5. The lowest BCUT2D eigenvalue weighted by molar-refractivity contribution is -0.163. The van der Waals surface area contributed by atoms with Gasteiger partial charge in [0, 0.05) is 39.3 Å². The Bertz CT molecular complexity index is 1320. The Kier molecular flexibility index (Phi) is 14.6. The van der Waals surface area contributed by atoms with E-state index in [1.165, 1.54) is 7.11 Å². The van der Waals surface area contributed by atoms with Crippen molar-refractivity contribution in [2.75, 3.05) is 33.4 Å². The predicted octanol–water partition coefficient (Wildman–Crippen LogP) is 4.50. The van der Waals surface area contributed by atoms with Crippen LogP contribution in [0.25, 0.3) is 0 Å². The lowest BCUT2D eigenvalue weighted by Crippen LogP contribution is -2.57. The minimum absolute atomic E-state index is 0.0761. The number of methoxy groups -OCH3 is 1. The van der Waals surface area contributed by atoms with Gasteiger partial charge in [0.05, 0.1) is 30.6 Å². The molecule has 2 N–H and O–H groups in total. The van der Waals surface area contributed by atoms with Crippen molar-refractivity contribution in [3.05, 3.63) is 61.2 Å². The third kappa shape index (κ3) is 8.49. The number of hydrogen-bond donors (Lipinski definition) is 2. The monoisotopic (exact) mass is 695 g/mol. The molecular formula is C39H57N3O8. The molecule has 1 aromatic carbocycles. The Labute approximate surface area is 297 Å². The molecule has 0 radical (unpaired) electrons. The summed E-state index contributed by atoms with van der Waals surface area (Å²) in [6.45, 7) is 12.5. The number of likely N-dealkylation sites (tertiary alicyclic amines) is 1. The highest BCUT2D eigenvalue weighted by Crippen LogP contribution is 2.59. The number of hydrogen-bond acceptors (Lipinski definition) is 8. The van der Waals surface area contributed by atoms with E-state index in [9.17, 15) is 24.3 Å². The summed E-state index contributed by atoms with van der Waals surface area (Å²) in [4.78, 5) is 59.9. The average Bonchev–Trinajstić information content (AvgIpc) is 3.75. The zero-order chi connectivity index (χ0) is 36.3. The van der Waals surface area contributed by atoms with E-state index in [0.29, 0.717) is 50.8 Å². The molecule has 8 atom stereocenters. The van der Waals surface area contributed by atoms with Gasteiger partial charge < -0.3 is 34.4 Å². The van der Waals surface area contributed by atoms with Gasteiger partial charge in [-0.1, -0.05) is 68.7 Å². The number of rotatable bonds is 22. The first-order valence-corrected chi connectivity index (χ1v) is 18.3. The number of esters is 1. The molecule has 11 nitrogen and oxygen atoms in total. The molecule has 276 valence electrons. The van der Waals surface area contributed by atoms with Crippen LogP contribution in [0.1, 0.15) is 89.7 Å². The molecule has 2 bridgehead atoms. The van der Waals surface area contributed by atoms with Crippen molar-refractivity contribution in [3.63, 3.8) is 0 Å². The summed E-state index contributed by atoms with van der Waals surface area (Å²) in [5.41, 5.74) is -0.488. The molecule has 0 aliphatic carbocycles. The lowest BCUT2D eigenvalue weighted by atomic mass is 9.70. The molecule has 4 rings (SSSR count). The number of ether oxygens (including phenoxy) is 3. The second kappa shape index (κ2) is 18.6. The summed E-state index contributed by atoms with van der Waals surface area (Å²) in [6, 6.07) is 7.52. The van der Waals surface area contributed by atoms with E-state index in [2.05, 4.69) is 25.4 Å². The summed E-state index contributed by atoms with van der Waals surface area (Å²) in [5, 5.41) is 12.2. The number of nitrogens with one attached hydrogen (secondary N) is 1. The van der Waals surface area contributed by atoms with Crippen LogP contribution in [-0.4, -0.2) is 102 Å². The molecule has 3 heterocycles. The van der Waals surface area contributed by atoms with Gasteiger partial charge in [0.2, 0.25) is 17.7 Å². The van der Waals surface area contributed by atoms with Crippen LogP contribution in [0.5, 0.6) is 0 Å². The summed E-state index contributed by atoms with van der Waals surface area (Å²) in [6.07, 6.45) is 8.21. The van der Waals surface area contributed by atoms with Gasteiger partial charge in [-0.15, -0.1) is 13.2 Å². The Balaban J connectivity index is 1.68. The zero-order valence-electron chi connectivity index (χ0n) is 30.1. The Morgan fingerprint density at radius 3 is 2.56 bits per heavy atom. The van der Waals surface area contributed by atoms with Crippen molar-refractivity contribution in [2.24, 2.45) is 11.8 Å². The maximum atomic E-state index is 14.6. The first-order chi connectivity index (χ1) is 24.2. The van der Waals surface area contributed by atoms with Gasteiger partial charge in [0.1, 0.15) is 17.7 Å². The van der Waals surface area contributed by atoms with Crippen molar-refractivity contribution >= 4 is 23.7 Å². The SMILES string of the molecule is C=CCCC(=O)N[C@H](COC)[C@H](OC(=O)[C@@H]1[C@@H]2CC[C@]3(O2)[C@H](C(=O)N(CC=C)C(C)CCC)N(CCCCCCO)C(=O)[C@@H]13)c1ccccc1. The average molecular weight is 696 g/mol. The molecular weight excluding hydrogens is 638 g/mol. The van der Waals surface area contributed by atoms with E-state index < -0.39 is 47.7 Å². The van der Waals surface area contributed by atoms with Gasteiger partial charge in [-0.25, -0.2) is 0 Å². The van der Waals surface area contributed by atoms with Crippen LogP contribution in [0.2, 0.25) is 0 Å². The lowest BCUT2D eigenvalue weighted by Gasteiger charge is -2.39. The highest BCUT2D eigenvalue weighted by molar-refractivity contribution is 5.98. The van der Waals surface area contributed by atoms with E-state index in [1.54, 1.807) is 22.0 Å². The van der Waals surface area contributed by atoms with Crippen molar-refractivity contribution in [1.82, 2.24) is 15.1 Å². The number of carbonyl (C=O) groups excluding carboxylic acids is 4. The topological polar surface area (TPSA) is 135 Å². The fourth-order valence-corrected chi connectivity index (χ4v) is 8.17. The van der Waals surface area contributed by atoms with Crippen molar-refractivity contribution in [1.29, 1.82) is 0 Å². The van der Waals surface area contributed by atoms with Gasteiger partial charge in [-0.05, 0) is 51.0 Å². The largest absolute Gasteiger partial charge is 0.455 e. The molecule has 1 aromatic rings. The summed E-state index contributed by atoms with van der Waals surface area (Å²) in [5.74, 6) is -3.07. The van der Waals surface area contributed by atoms with Crippen LogP contribution in [0.4, 0.5) is 0 Å². The van der Waals surface area contributed by atoms with Crippen LogP contribution in [-0.2, 0) is 33.4 Å². The van der Waals surface area contributed by atoms with Crippen molar-refractivity contribution in [3.8, 4) is 0 Å². The quantitative estimate of drug-likeness (QED) is 0.103. The molecule has 50 heavy (non-hydrogen) atoms. The number of benzene rings is 1. The summed E-state index contributed by atoms with van der Waals surface area (Å²) >= 11 is 0. The standard InChI is InChI=1S/C39H57N3O8/c1-6-9-20-31(44)40-29(26-48-5)34(28-18-13-12-14-19-28)49-38(47)32-30-21-22-39(50-30)33(32)36(45)42(24-15-10-11-16-25-43)35(39)37(46)41(23-8-3)27(4)17-7-2/h6,8,12-14,18-19,27,29-30,32-35,43H,1,3,7,9-11,15-17,20-26H2,2,4-5H3,(H,40,44)/t27?,29-,30+,32-,33-,34-,35+,39-/m1/s1. The van der Waals surface area contributed by atoms with Gasteiger partial charge in [-0.2, -0.15) is 0 Å². The number of allylic oxidation sites excluding steroid dienone is 1. The van der Waals surface area contributed by atoms with Gasteiger partial charge >= 0.3 is 5.97 Å². The molecule has 0 saturated carbocycles. The Hall–Kier alpha value is -3.54. The van der Waals surface area contributed by atoms with E-state index in [0.717, 1.165) is 25.7 Å². The first-order valence-electron chi connectivity index (χ1n) is 18.3. The number of carbonyl (C=O) groups is 4. The normalized spacial score (nSPS) is 25.4. The van der Waals surface area contributed by atoms with Crippen molar-refractivity contribution in [2.45, 2.75) is 114 Å². The van der Waals surface area contributed by atoms with E-state index in [1.807, 2.05) is 37.3 Å². The van der Waals surface area contributed by atoms with Gasteiger partial charge in [0.25, 0.3) is 0 Å². The van der Waals surface area contributed by atoms with Gasteiger partial charge in [-0.3, -0.25) is 19.2 Å². The molecule has 3 fully saturated rings. The predicted molar refractivity (Wildman–Crippen MR) is 190 cm³/mol. The molecule has 3 amide bonds. The third-order valence-electron chi connectivity index (χ3n) is 10.5. The van der Waals surface area contributed by atoms with Crippen LogP contribution >= 0.6 is 0 Å². The fourth-order valence-electron chi connectivity index (χ4n) is 8.17. The molecule has 0 aromatic heterocycles. The maximum Gasteiger partial charge on any atom is 0.313 e. The molecule has 11 heteroatoms. The number of fused-ring (bicyclic) bond motifs is 1. The molecule has 1 unspecified atom stereocenters. The number of nitrogens with zero attached hydrogens (tertiary/aromatic N) is 2. The van der Waals surface area contributed by atoms with E-state index >= 15 is 0 Å². The smallest absolute Gasteiger partial charge is 0.313 e. The van der Waals surface area contributed by atoms with Crippen molar-refractivity contribution < 1.29 is 38.5 Å². The fraction of sp³-hybridized carbons (Fsp3) is 0.641. The second-order valence-electron chi connectivity index (χ2n) is 13.9. The summed E-state index contributed by atoms with van der Waals surface area (Å²) < 4.78 is 18.5. The highest BCUT2D eigenvalue weighted by atomic mass is 16.6. The minimum atomic E-state index is -1.16. The van der Waals surface area contributed by atoms with Crippen LogP contribution in [0.3, 0.4) is 0 Å². The van der Waals surface area contributed by atoms with Crippen LogP contribution in [0, 0.1) is 11.8 Å². The first kappa shape index (κ1) is 39.2.